The third-order valence-electron chi connectivity index (χ3n) is 6.01. The number of carbonyl (C=O) groups is 2. The van der Waals surface area contributed by atoms with Gasteiger partial charge < -0.3 is 11.1 Å². The van der Waals surface area contributed by atoms with E-state index < -0.39 is 5.91 Å². The van der Waals surface area contributed by atoms with E-state index in [1.54, 1.807) is 18.2 Å². The average Bonchev–Trinajstić information content (AvgIpc) is 2.45. The van der Waals surface area contributed by atoms with Gasteiger partial charge in [0.05, 0.1) is 16.0 Å². The third-order valence-corrected chi connectivity index (χ3v) is 6.33. The van der Waals surface area contributed by atoms with Crippen LogP contribution in [0.5, 0.6) is 0 Å². The van der Waals surface area contributed by atoms with Gasteiger partial charge in [-0.25, -0.2) is 0 Å². The van der Waals surface area contributed by atoms with E-state index in [-0.39, 0.29) is 21.9 Å². The zero-order chi connectivity index (χ0) is 16.2. The first-order valence-corrected chi connectivity index (χ1v) is 8.74. The highest BCUT2D eigenvalue weighted by Gasteiger charge is 2.54. The van der Waals surface area contributed by atoms with Crippen LogP contribution in [0.25, 0.3) is 0 Å². The Balaban J connectivity index is 1.54. The lowest BCUT2D eigenvalue weighted by molar-refractivity contribution is -0.140. The quantitative estimate of drug-likeness (QED) is 0.887. The van der Waals surface area contributed by atoms with Crippen LogP contribution < -0.4 is 11.1 Å². The van der Waals surface area contributed by atoms with Crippen molar-refractivity contribution in [2.24, 2.45) is 28.9 Å². The molecule has 4 nitrogen and oxygen atoms in total. The van der Waals surface area contributed by atoms with E-state index in [4.69, 9.17) is 17.3 Å². The lowest BCUT2D eigenvalue weighted by Crippen LogP contribution is -2.51. The number of hydrogen-bond donors (Lipinski definition) is 2. The molecule has 0 atom stereocenters. The van der Waals surface area contributed by atoms with Crippen molar-refractivity contribution < 1.29 is 9.59 Å². The molecule has 0 spiro atoms. The number of amides is 2. The van der Waals surface area contributed by atoms with Crippen molar-refractivity contribution in [1.29, 1.82) is 0 Å². The Hall–Kier alpha value is -1.55. The monoisotopic (exact) mass is 332 g/mol. The van der Waals surface area contributed by atoms with Gasteiger partial charge in [-0.2, -0.15) is 0 Å². The van der Waals surface area contributed by atoms with Crippen LogP contribution in [-0.4, -0.2) is 11.8 Å². The summed E-state index contributed by atoms with van der Waals surface area (Å²) in [6.45, 7) is 0. The van der Waals surface area contributed by atoms with Crippen LogP contribution in [0, 0.1) is 23.2 Å². The van der Waals surface area contributed by atoms with Crippen LogP contribution in [0.3, 0.4) is 0 Å². The van der Waals surface area contributed by atoms with Crippen molar-refractivity contribution in [1.82, 2.24) is 0 Å². The van der Waals surface area contributed by atoms with Gasteiger partial charge in [0.15, 0.2) is 0 Å². The van der Waals surface area contributed by atoms with Gasteiger partial charge in [0.2, 0.25) is 11.8 Å². The molecule has 4 aliphatic rings. The predicted octanol–water partition coefficient (Wildman–Crippen LogP) is 3.59. The molecular weight excluding hydrogens is 312 g/mol. The number of primary amides is 1. The highest BCUT2D eigenvalue weighted by molar-refractivity contribution is 6.34. The Bertz CT molecular complexity index is 650. The molecule has 0 saturated heterocycles. The molecule has 5 rings (SSSR count). The first-order chi connectivity index (χ1) is 10.9. The Morgan fingerprint density at radius 2 is 1.65 bits per heavy atom. The van der Waals surface area contributed by atoms with E-state index in [9.17, 15) is 9.59 Å². The van der Waals surface area contributed by atoms with Crippen LogP contribution in [0.1, 0.15) is 48.9 Å². The number of halogens is 1. The summed E-state index contributed by atoms with van der Waals surface area (Å²) in [5, 5.41) is 3.31. The molecular formula is C18H21ClN2O2. The zero-order valence-electron chi connectivity index (χ0n) is 13.0. The van der Waals surface area contributed by atoms with E-state index in [1.165, 1.54) is 19.3 Å². The lowest BCUT2D eigenvalue weighted by Gasteiger charge is -2.55. The van der Waals surface area contributed by atoms with Crippen LogP contribution >= 0.6 is 11.6 Å². The number of nitrogens with one attached hydrogen (secondary N) is 1. The minimum atomic E-state index is -0.561. The predicted molar refractivity (Wildman–Crippen MR) is 89.2 cm³/mol. The first kappa shape index (κ1) is 15.0. The van der Waals surface area contributed by atoms with Gasteiger partial charge in [-0.1, -0.05) is 11.6 Å². The number of hydrogen-bond acceptors (Lipinski definition) is 2. The van der Waals surface area contributed by atoms with Crippen LogP contribution in [0.15, 0.2) is 18.2 Å². The fourth-order valence-electron chi connectivity index (χ4n) is 5.45. The van der Waals surface area contributed by atoms with Crippen molar-refractivity contribution in [2.45, 2.75) is 38.5 Å². The highest BCUT2D eigenvalue weighted by atomic mass is 35.5. The lowest BCUT2D eigenvalue weighted by atomic mass is 9.49. The Morgan fingerprint density at radius 1 is 1.09 bits per heavy atom. The van der Waals surface area contributed by atoms with Gasteiger partial charge in [0.1, 0.15) is 0 Å². The largest absolute Gasteiger partial charge is 0.366 e. The van der Waals surface area contributed by atoms with Crippen LogP contribution in [-0.2, 0) is 4.79 Å². The van der Waals surface area contributed by atoms with Crippen molar-refractivity contribution in [3.8, 4) is 0 Å². The molecule has 0 unspecified atom stereocenters. The SMILES string of the molecule is NC(=O)c1ccc(NC(=O)C23CC4CC(CC(C4)C2)C3)cc1Cl. The molecule has 4 bridgehead atoms. The topological polar surface area (TPSA) is 72.2 Å². The highest BCUT2D eigenvalue weighted by Crippen LogP contribution is 2.60. The maximum Gasteiger partial charge on any atom is 0.250 e. The summed E-state index contributed by atoms with van der Waals surface area (Å²) in [4.78, 5) is 24.2. The normalized spacial score (nSPS) is 34.4. The molecule has 23 heavy (non-hydrogen) atoms. The minimum absolute atomic E-state index is 0.125. The molecule has 4 fully saturated rings. The summed E-state index contributed by atoms with van der Waals surface area (Å²) in [6.07, 6.45) is 7.01. The zero-order valence-corrected chi connectivity index (χ0v) is 13.7. The van der Waals surface area contributed by atoms with E-state index in [0.717, 1.165) is 37.0 Å². The summed E-state index contributed by atoms with van der Waals surface area (Å²) in [7, 11) is 0. The van der Waals surface area contributed by atoms with Crippen LogP contribution in [0.4, 0.5) is 5.69 Å². The van der Waals surface area contributed by atoms with E-state index in [2.05, 4.69) is 5.32 Å². The first-order valence-electron chi connectivity index (χ1n) is 8.36. The van der Waals surface area contributed by atoms with Crippen molar-refractivity contribution in [3.63, 3.8) is 0 Å². The number of carbonyl (C=O) groups excluding carboxylic acids is 2. The second kappa shape index (κ2) is 5.23. The second-order valence-corrected chi connectivity index (χ2v) is 8.12. The molecule has 1 aromatic carbocycles. The molecule has 4 aliphatic carbocycles. The van der Waals surface area contributed by atoms with E-state index in [1.807, 2.05) is 0 Å². The maximum absolute atomic E-state index is 13.0. The van der Waals surface area contributed by atoms with Crippen molar-refractivity contribution >= 4 is 29.1 Å². The molecule has 1 aromatic rings. The van der Waals surface area contributed by atoms with Gasteiger partial charge in [-0.05, 0) is 74.5 Å². The van der Waals surface area contributed by atoms with Gasteiger partial charge in [0.25, 0.3) is 0 Å². The van der Waals surface area contributed by atoms with Gasteiger partial charge >= 0.3 is 0 Å². The number of rotatable bonds is 3. The standard InChI is InChI=1S/C18H21ClN2O2/c19-15-6-13(1-2-14(15)16(20)22)21-17(23)18-7-10-3-11(8-18)5-12(4-10)9-18/h1-2,6,10-12H,3-5,7-9H2,(H2,20,22)(H,21,23). The summed E-state index contributed by atoms with van der Waals surface area (Å²) >= 11 is 6.07. The molecule has 5 heteroatoms. The molecule has 3 N–H and O–H groups in total. The Kier molecular flexibility index (Phi) is 3.41. The summed E-state index contributed by atoms with van der Waals surface area (Å²) < 4.78 is 0. The Morgan fingerprint density at radius 3 is 2.13 bits per heavy atom. The summed E-state index contributed by atoms with van der Waals surface area (Å²) in [6, 6.07) is 4.88. The summed E-state index contributed by atoms with van der Waals surface area (Å²) in [5.41, 5.74) is 5.98. The van der Waals surface area contributed by atoms with Crippen molar-refractivity contribution in [2.75, 3.05) is 5.32 Å². The minimum Gasteiger partial charge on any atom is -0.366 e. The fraction of sp³-hybridized carbons (Fsp3) is 0.556. The molecule has 2 amide bonds. The fourth-order valence-corrected chi connectivity index (χ4v) is 5.72. The molecule has 0 heterocycles. The van der Waals surface area contributed by atoms with Crippen LogP contribution in [0.2, 0.25) is 5.02 Å². The van der Waals surface area contributed by atoms with E-state index in [0.29, 0.717) is 5.69 Å². The number of nitrogens with two attached hydrogens (primary N) is 1. The van der Waals surface area contributed by atoms with Gasteiger partial charge in [-0.15, -0.1) is 0 Å². The molecule has 4 saturated carbocycles. The van der Waals surface area contributed by atoms with Gasteiger partial charge in [-0.3, -0.25) is 9.59 Å². The van der Waals surface area contributed by atoms with Crippen molar-refractivity contribution in [3.05, 3.63) is 28.8 Å². The van der Waals surface area contributed by atoms with Gasteiger partial charge in [0, 0.05) is 5.69 Å². The average molecular weight is 333 g/mol. The number of anilines is 1. The maximum atomic E-state index is 13.0. The molecule has 122 valence electrons. The third kappa shape index (κ3) is 2.53. The van der Waals surface area contributed by atoms with E-state index >= 15 is 0 Å². The second-order valence-electron chi connectivity index (χ2n) is 7.71. The summed E-state index contributed by atoms with van der Waals surface area (Å²) in [5.74, 6) is 1.75. The molecule has 0 aromatic heterocycles. The Labute approximate surface area is 140 Å². The molecule has 0 aliphatic heterocycles. The number of benzene rings is 1. The smallest absolute Gasteiger partial charge is 0.250 e. The molecule has 0 radical (unpaired) electrons.